The zero-order chi connectivity index (χ0) is 19.9. The van der Waals surface area contributed by atoms with Gasteiger partial charge in [-0.15, -0.1) is 6.58 Å². The van der Waals surface area contributed by atoms with Crippen molar-refractivity contribution in [3.05, 3.63) is 88.9 Å². The van der Waals surface area contributed by atoms with Crippen molar-refractivity contribution in [1.29, 1.82) is 0 Å². The number of carbonyl (C=O) groups excluding carboxylic acids is 2. The lowest BCUT2D eigenvalue weighted by Gasteiger charge is -2.22. The number of fused-ring (bicyclic) bond motifs is 2. The Morgan fingerprint density at radius 2 is 1.89 bits per heavy atom. The smallest absolute Gasteiger partial charge is 0.264 e. The molecule has 1 aliphatic heterocycles. The Balaban J connectivity index is 1.78. The zero-order valence-electron chi connectivity index (χ0n) is 15.1. The molecule has 1 amide bonds. The molecule has 3 aromatic rings. The van der Waals surface area contributed by atoms with Crippen LogP contribution in [0.25, 0.3) is 10.8 Å². The largest absolute Gasteiger partial charge is 0.375 e. The fraction of sp³-hybridized carbons (Fsp3) is 0.130. The van der Waals surface area contributed by atoms with Crippen LogP contribution in [0.2, 0.25) is 0 Å². The Labute approximate surface area is 171 Å². The predicted molar refractivity (Wildman–Crippen MR) is 113 cm³/mol. The average molecular weight is 436 g/mol. The maximum atomic E-state index is 13.2. The second kappa shape index (κ2) is 7.00. The van der Waals surface area contributed by atoms with Crippen LogP contribution in [0.4, 0.5) is 5.69 Å². The van der Waals surface area contributed by atoms with E-state index in [0.29, 0.717) is 16.8 Å². The fourth-order valence-corrected chi connectivity index (χ4v) is 4.16. The predicted octanol–water partition coefficient (Wildman–Crippen LogP) is 4.60. The number of carbonyl (C=O) groups is 2. The Hall–Kier alpha value is -2.76. The van der Waals surface area contributed by atoms with Gasteiger partial charge < -0.3 is 10.0 Å². The molecule has 0 radical (unpaired) electrons. The highest BCUT2D eigenvalue weighted by Crippen LogP contribution is 2.44. The van der Waals surface area contributed by atoms with Gasteiger partial charge in [-0.1, -0.05) is 64.5 Å². The number of aliphatic hydroxyl groups is 1. The molecule has 4 nitrogen and oxygen atoms in total. The van der Waals surface area contributed by atoms with Gasteiger partial charge in [0.15, 0.2) is 11.4 Å². The van der Waals surface area contributed by atoms with Crippen LogP contribution in [0, 0.1) is 0 Å². The lowest BCUT2D eigenvalue weighted by atomic mass is 9.87. The van der Waals surface area contributed by atoms with E-state index in [2.05, 4.69) is 22.5 Å². The summed E-state index contributed by atoms with van der Waals surface area (Å²) < 4.78 is 0.732. The van der Waals surface area contributed by atoms with E-state index in [1.807, 2.05) is 36.4 Å². The van der Waals surface area contributed by atoms with E-state index in [4.69, 9.17) is 0 Å². The number of anilines is 1. The summed E-state index contributed by atoms with van der Waals surface area (Å²) in [5, 5.41) is 13.1. The second-order valence-electron chi connectivity index (χ2n) is 6.85. The standard InChI is InChI=1S/C23H18BrNO3/c1-2-12-25-20-11-10-16(24)13-19(20)23(28,22(25)27)14-21(26)18-9-5-7-15-6-3-4-8-17(15)18/h2-11,13,28H,1,12,14H2. The lowest BCUT2D eigenvalue weighted by molar-refractivity contribution is -0.135. The van der Waals surface area contributed by atoms with E-state index in [9.17, 15) is 14.7 Å². The molecule has 0 saturated carbocycles. The van der Waals surface area contributed by atoms with Gasteiger partial charge in [0.05, 0.1) is 12.1 Å². The Bertz CT molecular complexity index is 1120. The summed E-state index contributed by atoms with van der Waals surface area (Å²) in [7, 11) is 0. The number of halogens is 1. The van der Waals surface area contributed by atoms with Crippen LogP contribution in [0.1, 0.15) is 22.3 Å². The van der Waals surface area contributed by atoms with Crippen molar-refractivity contribution < 1.29 is 14.7 Å². The quantitative estimate of drug-likeness (QED) is 0.470. The molecule has 0 saturated heterocycles. The van der Waals surface area contributed by atoms with Crippen LogP contribution in [0.3, 0.4) is 0 Å². The minimum Gasteiger partial charge on any atom is -0.375 e. The third-order valence-electron chi connectivity index (χ3n) is 5.11. The second-order valence-corrected chi connectivity index (χ2v) is 7.77. The maximum Gasteiger partial charge on any atom is 0.264 e. The topological polar surface area (TPSA) is 57.6 Å². The van der Waals surface area contributed by atoms with Crippen molar-refractivity contribution in [3.8, 4) is 0 Å². The van der Waals surface area contributed by atoms with Crippen molar-refractivity contribution in [2.45, 2.75) is 12.0 Å². The Morgan fingerprint density at radius 1 is 1.14 bits per heavy atom. The van der Waals surface area contributed by atoms with Crippen LogP contribution in [0.5, 0.6) is 0 Å². The molecule has 4 rings (SSSR count). The fourth-order valence-electron chi connectivity index (χ4n) is 3.80. The van der Waals surface area contributed by atoms with Crippen LogP contribution < -0.4 is 4.90 Å². The molecule has 1 aliphatic rings. The molecule has 0 bridgehead atoms. The molecule has 0 fully saturated rings. The van der Waals surface area contributed by atoms with Crippen LogP contribution in [-0.2, 0) is 10.4 Å². The number of ketones is 1. The van der Waals surface area contributed by atoms with Crippen molar-refractivity contribution in [1.82, 2.24) is 0 Å². The number of hydrogen-bond donors (Lipinski definition) is 1. The highest BCUT2D eigenvalue weighted by atomic mass is 79.9. The Morgan fingerprint density at radius 3 is 2.68 bits per heavy atom. The van der Waals surface area contributed by atoms with E-state index in [-0.39, 0.29) is 18.7 Å². The normalized spacial score (nSPS) is 18.4. The van der Waals surface area contributed by atoms with Gasteiger partial charge in [0, 0.05) is 22.1 Å². The van der Waals surface area contributed by atoms with Gasteiger partial charge in [-0.05, 0) is 29.0 Å². The molecule has 0 aliphatic carbocycles. The van der Waals surface area contributed by atoms with E-state index in [1.165, 1.54) is 4.90 Å². The summed E-state index contributed by atoms with van der Waals surface area (Å²) in [6.45, 7) is 3.95. The van der Waals surface area contributed by atoms with E-state index >= 15 is 0 Å². The monoisotopic (exact) mass is 435 g/mol. The summed E-state index contributed by atoms with van der Waals surface area (Å²) >= 11 is 3.39. The molecular formula is C23H18BrNO3. The lowest BCUT2D eigenvalue weighted by Crippen LogP contribution is -2.42. The minimum absolute atomic E-state index is 0.262. The zero-order valence-corrected chi connectivity index (χ0v) is 16.6. The van der Waals surface area contributed by atoms with Gasteiger partial charge in [-0.2, -0.15) is 0 Å². The number of rotatable bonds is 5. The molecule has 5 heteroatoms. The highest BCUT2D eigenvalue weighted by Gasteiger charge is 2.50. The SMILES string of the molecule is C=CCN1C(=O)C(O)(CC(=O)c2cccc3ccccc23)c2cc(Br)ccc21. The molecule has 1 unspecified atom stereocenters. The van der Waals surface area contributed by atoms with E-state index in [0.717, 1.165) is 15.2 Å². The van der Waals surface area contributed by atoms with E-state index in [1.54, 1.807) is 30.3 Å². The molecule has 1 N–H and O–H groups in total. The van der Waals surface area contributed by atoms with Gasteiger partial charge in [0.2, 0.25) is 0 Å². The summed E-state index contributed by atoms with van der Waals surface area (Å²) in [4.78, 5) is 27.7. The summed E-state index contributed by atoms with van der Waals surface area (Å²) in [6.07, 6.45) is 1.28. The summed E-state index contributed by atoms with van der Waals surface area (Å²) in [5.74, 6) is -0.784. The van der Waals surface area contributed by atoms with Crippen molar-refractivity contribution in [2.24, 2.45) is 0 Å². The Kier molecular flexibility index (Phi) is 4.65. The van der Waals surface area contributed by atoms with Crippen LogP contribution >= 0.6 is 15.9 Å². The van der Waals surface area contributed by atoms with Gasteiger partial charge in [0.1, 0.15) is 0 Å². The van der Waals surface area contributed by atoms with Gasteiger partial charge in [-0.25, -0.2) is 0 Å². The third-order valence-corrected chi connectivity index (χ3v) is 5.61. The average Bonchev–Trinajstić information content (AvgIpc) is 2.89. The summed E-state index contributed by atoms with van der Waals surface area (Å²) in [5.41, 5.74) is -0.377. The van der Waals surface area contributed by atoms with Gasteiger partial charge >= 0.3 is 0 Å². The molecule has 1 heterocycles. The van der Waals surface area contributed by atoms with Crippen LogP contribution in [-0.4, -0.2) is 23.3 Å². The van der Waals surface area contributed by atoms with E-state index < -0.39 is 11.5 Å². The molecule has 3 aromatic carbocycles. The molecule has 28 heavy (non-hydrogen) atoms. The molecule has 0 spiro atoms. The first kappa shape index (κ1) is 18.6. The van der Waals surface area contributed by atoms with Crippen molar-refractivity contribution in [2.75, 3.05) is 11.4 Å². The number of amides is 1. The summed E-state index contributed by atoms with van der Waals surface area (Å²) in [6, 6.07) is 18.3. The first-order chi connectivity index (χ1) is 13.5. The first-order valence-corrected chi connectivity index (χ1v) is 9.71. The molecule has 0 aromatic heterocycles. The highest BCUT2D eigenvalue weighted by molar-refractivity contribution is 9.10. The molecule has 140 valence electrons. The number of nitrogens with zero attached hydrogens (tertiary/aromatic N) is 1. The van der Waals surface area contributed by atoms with Crippen molar-refractivity contribution in [3.63, 3.8) is 0 Å². The van der Waals surface area contributed by atoms with Gasteiger partial charge in [0.25, 0.3) is 5.91 Å². The minimum atomic E-state index is -1.91. The maximum absolute atomic E-state index is 13.2. The molecule has 1 atom stereocenters. The van der Waals surface area contributed by atoms with Crippen LogP contribution in [0.15, 0.2) is 77.8 Å². The van der Waals surface area contributed by atoms with Crippen molar-refractivity contribution >= 4 is 44.1 Å². The molecular weight excluding hydrogens is 418 g/mol. The third kappa shape index (κ3) is 2.87. The number of Topliss-reactive ketones (excluding diaryl/α,β-unsaturated/α-hetero) is 1. The number of benzene rings is 3. The van der Waals surface area contributed by atoms with Gasteiger partial charge in [-0.3, -0.25) is 9.59 Å². The first-order valence-electron chi connectivity index (χ1n) is 8.92. The number of hydrogen-bond acceptors (Lipinski definition) is 3.